The molecule has 0 bridgehead atoms. The van der Waals surface area contributed by atoms with E-state index in [4.69, 9.17) is 0 Å². The third-order valence-electron chi connectivity index (χ3n) is 3.47. The zero-order chi connectivity index (χ0) is 16.9. The van der Waals surface area contributed by atoms with E-state index in [9.17, 15) is 15.2 Å². The predicted molar refractivity (Wildman–Crippen MR) is 93.1 cm³/mol. The normalized spacial score (nSPS) is 11.6. The molecule has 0 atom stereocenters. The molecule has 118 valence electrons. The lowest BCUT2D eigenvalue weighted by molar-refractivity contribution is -0.117. The summed E-state index contributed by atoms with van der Waals surface area (Å²) in [6, 6.07) is 18.4. The van der Waals surface area contributed by atoms with Crippen LogP contribution in [0.3, 0.4) is 0 Å². The number of aromatic nitrogens is 1. The third-order valence-corrected chi connectivity index (χ3v) is 4.30. The Balaban J connectivity index is 1.87. The van der Waals surface area contributed by atoms with E-state index >= 15 is 0 Å². The summed E-state index contributed by atoms with van der Waals surface area (Å²) < 4.78 is 5.04. The first-order chi connectivity index (χ1) is 11.7. The largest absolute Gasteiger partial charge is 0.504 e. The lowest BCUT2D eigenvalue weighted by atomic mass is 10.1. The molecule has 2 N–H and O–H groups in total. The number of nitriles is 1. The van der Waals surface area contributed by atoms with Crippen LogP contribution in [0.15, 0.2) is 60.2 Å². The van der Waals surface area contributed by atoms with Crippen molar-refractivity contribution in [1.29, 1.82) is 5.26 Å². The smallest absolute Gasteiger partial charge is 0.266 e. The van der Waals surface area contributed by atoms with Gasteiger partial charge in [0.15, 0.2) is 11.3 Å². The lowest BCUT2D eigenvalue weighted by Gasteiger charge is -2.06. The highest BCUT2D eigenvalue weighted by Gasteiger charge is 2.20. The second-order valence-electron chi connectivity index (χ2n) is 5.03. The number of carbonyl (C=O) groups excluding carboxylic acids is 1. The Hall–Kier alpha value is -3.17. The highest BCUT2D eigenvalue weighted by atomic mass is 32.1. The highest BCUT2D eigenvalue weighted by molar-refractivity contribution is 7.13. The van der Waals surface area contributed by atoms with Gasteiger partial charge in [-0.15, -0.1) is 0 Å². The number of aliphatic hydroxyl groups excluding tert-OH is 1. The van der Waals surface area contributed by atoms with Crippen molar-refractivity contribution in [3.63, 3.8) is 0 Å². The van der Waals surface area contributed by atoms with Crippen molar-refractivity contribution in [1.82, 2.24) is 9.69 Å². The van der Waals surface area contributed by atoms with Crippen LogP contribution < -0.4 is 5.32 Å². The molecule has 1 amide bonds. The van der Waals surface area contributed by atoms with Gasteiger partial charge < -0.3 is 10.4 Å². The summed E-state index contributed by atoms with van der Waals surface area (Å²) in [4.78, 5) is 12.2. The van der Waals surface area contributed by atoms with Gasteiger partial charge in [0.05, 0.1) is 4.70 Å². The minimum Gasteiger partial charge on any atom is -0.504 e. The monoisotopic (exact) mass is 335 g/mol. The van der Waals surface area contributed by atoms with Gasteiger partial charge in [0.1, 0.15) is 11.8 Å². The zero-order valence-corrected chi connectivity index (χ0v) is 13.4. The van der Waals surface area contributed by atoms with Gasteiger partial charge in [-0.1, -0.05) is 48.5 Å². The minimum absolute atomic E-state index is 0.252. The summed E-state index contributed by atoms with van der Waals surface area (Å²) in [7, 11) is 0. The average Bonchev–Trinajstić information content (AvgIpc) is 3.05. The second kappa shape index (κ2) is 6.94. The Morgan fingerprint density at radius 2 is 1.88 bits per heavy atom. The summed E-state index contributed by atoms with van der Waals surface area (Å²) in [5.74, 6) is -1.03. The van der Waals surface area contributed by atoms with E-state index < -0.39 is 11.7 Å². The molecule has 0 spiro atoms. The van der Waals surface area contributed by atoms with Crippen LogP contribution in [-0.2, 0) is 11.3 Å². The number of benzene rings is 2. The standard InChI is InChI=1S/C18H13N3O2S/c19-10-14(18(23)20-11-12-6-2-1-3-7-12)17(22)16-13-8-4-5-9-15(13)24-21-16/h1-9,22H,11H2,(H,20,23)/b17-14-. The van der Waals surface area contributed by atoms with E-state index in [2.05, 4.69) is 9.69 Å². The summed E-state index contributed by atoms with van der Waals surface area (Å²) >= 11 is 1.21. The fraction of sp³-hybridized carbons (Fsp3) is 0.0556. The highest BCUT2D eigenvalue weighted by Crippen LogP contribution is 2.27. The maximum absolute atomic E-state index is 12.2. The van der Waals surface area contributed by atoms with Crippen LogP contribution in [0, 0.1) is 11.3 Å². The fourth-order valence-electron chi connectivity index (χ4n) is 2.25. The van der Waals surface area contributed by atoms with Gasteiger partial charge in [-0.25, -0.2) is 0 Å². The Morgan fingerprint density at radius 3 is 2.62 bits per heavy atom. The van der Waals surface area contributed by atoms with Gasteiger partial charge in [-0.3, -0.25) is 4.79 Å². The number of aliphatic hydroxyl groups is 1. The molecule has 0 fully saturated rings. The van der Waals surface area contributed by atoms with E-state index in [-0.39, 0.29) is 17.8 Å². The van der Waals surface area contributed by atoms with Crippen molar-refractivity contribution in [3.05, 3.63) is 71.4 Å². The van der Waals surface area contributed by atoms with Gasteiger partial charge in [0.2, 0.25) is 0 Å². The molecule has 1 heterocycles. The number of nitrogens with zero attached hydrogens (tertiary/aromatic N) is 2. The van der Waals surface area contributed by atoms with Crippen molar-refractivity contribution in [2.45, 2.75) is 6.54 Å². The molecule has 5 nitrogen and oxygen atoms in total. The van der Waals surface area contributed by atoms with E-state index in [0.29, 0.717) is 5.39 Å². The summed E-state index contributed by atoms with van der Waals surface area (Å²) in [5.41, 5.74) is 0.811. The molecule has 24 heavy (non-hydrogen) atoms. The summed E-state index contributed by atoms with van der Waals surface area (Å²) in [6.07, 6.45) is 0. The molecule has 3 rings (SSSR count). The molecule has 0 aliphatic rings. The van der Waals surface area contributed by atoms with Crippen LogP contribution in [0.4, 0.5) is 0 Å². The number of hydrogen-bond donors (Lipinski definition) is 2. The van der Waals surface area contributed by atoms with Gasteiger partial charge in [-0.05, 0) is 23.2 Å². The number of nitrogens with one attached hydrogen (secondary N) is 1. The van der Waals surface area contributed by atoms with E-state index in [1.165, 1.54) is 11.5 Å². The van der Waals surface area contributed by atoms with Crippen LogP contribution in [-0.4, -0.2) is 15.4 Å². The third kappa shape index (κ3) is 3.12. The zero-order valence-electron chi connectivity index (χ0n) is 12.6. The first-order valence-corrected chi connectivity index (χ1v) is 7.98. The van der Waals surface area contributed by atoms with Crippen LogP contribution in [0.2, 0.25) is 0 Å². The summed E-state index contributed by atoms with van der Waals surface area (Å²) in [6.45, 7) is 0.274. The Bertz CT molecular complexity index is 955. The molecule has 6 heteroatoms. The molecule has 0 saturated carbocycles. The van der Waals surface area contributed by atoms with Crippen molar-refractivity contribution < 1.29 is 9.90 Å². The topological polar surface area (TPSA) is 86.0 Å². The van der Waals surface area contributed by atoms with Crippen molar-refractivity contribution in [2.24, 2.45) is 0 Å². The maximum Gasteiger partial charge on any atom is 0.266 e. The SMILES string of the molecule is N#C/C(C(=O)NCc1ccccc1)=C(/O)c1nsc2ccccc12. The number of amides is 1. The average molecular weight is 335 g/mol. The van der Waals surface area contributed by atoms with E-state index in [1.807, 2.05) is 48.5 Å². The Kier molecular flexibility index (Phi) is 4.54. The van der Waals surface area contributed by atoms with Crippen molar-refractivity contribution >= 4 is 33.3 Å². The van der Waals surface area contributed by atoms with Gasteiger partial charge in [-0.2, -0.15) is 9.64 Å². The van der Waals surface area contributed by atoms with Crippen LogP contribution in [0.1, 0.15) is 11.3 Å². The number of fused-ring (bicyclic) bond motifs is 1. The summed E-state index contributed by atoms with van der Waals surface area (Å²) in [5, 5.41) is 23.0. The molecule has 0 radical (unpaired) electrons. The molecule has 0 aliphatic carbocycles. The van der Waals surface area contributed by atoms with Crippen molar-refractivity contribution in [3.8, 4) is 6.07 Å². The maximum atomic E-state index is 12.2. The van der Waals surface area contributed by atoms with E-state index in [0.717, 1.165) is 10.3 Å². The van der Waals surface area contributed by atoms with Gasteiger partial charge in [0, 0.05) is 11.9 Å². The first-order valence-electron chi connectivity index (χ1n) is 7.21. The molecular formula is C18H13N3O2S. The van der Waals surface area contributed by atoms with Crippen LogP contribution in [0.25, 0.3) is 15.8 Å². The number of carbonyl (C=O) groups is 1. The molecular weight excluding hydrogens is 322 g/mol. The Labute approximate surface area is 142 Å². The molecule has 3 aromatic rings. The molecule has 0 unspecified atom stereocenters. The van der Waals surface area contributed by atoms with Gasteiger partial charge in [0.25, 0.3) is 5.91 Å². The predicted octanol–water partition coefficient (Wildman–Crippen LogP) is 3.41. The lowest BCUT2D eigenvalue weighted by Crippen LogP contribution is -2.24. The molecule has 0 aliphatic heterocycles. The number of hydrogen-bond acceptors (Lipinski definition) is 5. The number of rotatable bonds is 4. The molecule has 1 aromatic heterocycles. The quantitative estimate of drug-likeness (QED) is 0.435. The minimum atomic E-state index is -0.629. The molecule has 2 aromatic carbocycles. The van der Waals surface area contributed by atoms with Crippen LogP contribution in [0.5, 0.6) is 0 Å². The van der Waals surface area contributed by atoms with E-state index in [1.54, 1.807) is 12.1 Å². The second-order valence-corrected chi connectivity index (χ2v) is 5.84. The van der Waals surface area contributed by atoms with Crippen molar-refractivity contribution in [2.75, 3.05) is 0 Å². The van der Waals surface area contributed by atoms with Crippen LogP contribution >= 0.6 is 11.5 Å². The Morgan fingerprint density at radius 1 is 1.17 bits per heavy atom. The van der Waals surface area contributed by atoms with Gasteiger partial charge >= 0.3 is 0 Å². The molecule has 0 saturated heterocycles. The fourth-order valence-corrected chi connectivity index (χ4v) is 3.03. The first kappa shape index (κ1) is 15.7.